The molecule has 0 unspecified atom stereocenters. The third kappa shape index (κ3) is 4.17. The van der Waals surface area contributed by atoms with E-state index in [-0.39, 0.29) is 5.95 Å². The van der Waals surface area contributed by atoms with Gasteiger partial charge in [0.25, 0.3) is 0 Å². The number of aryl methyl sites for hydroxylation is 2. The maximum atomic E-state index is 12.5. The molecule has 0 fully saturated rings. The van der Waals surface area contributed by atoms with Crippen LogP contribution in [0.1, 0.15) is 24.9 Å². The summed E-state index contributed by atoms with van der Waals surface area (Å²) in [6, 6.07) is 0.851. The molecule has 0 saturated carbocycles. The van der Waals surface area contributed by atoms with Crippen molar-refractivity contribution in [3.8, 4) is 0 Å². The summed E-state index contributed by atoms with van der Waals surface area (Å²) in [4.78, 5) is 11.4. The Labute approximate surface area is 120 Å². The van der Waals surface area contributed by atoms with Crippen LogP contribution in [0.15, 0.2) is 24.7 Å². The van der Waals surface area contributed by atoms with Gasteiger partial charge < -0.3 is 9.88 Å². The Morgan fingerprint density at radius 2 is 2.05 bits per heavy atom. The smallest absolute Gasteiger partial charge is 0.354 e. The van der Waals surface area contributed by atoms with E-state index >= 15 is 0 Å². The first-order chi connectivity index (χ1) is 10.0. The highest BCUT2D eigenvalue weighted by molar-refractivity contribution is 5.25. The van der Waals surface area contributed by atoms with E-state index in [0.29, 0.717) is 6.54 Å². The predicted octanol–water partition coefficient (Wildman–Crippen LogP) is 2.76. The van der Waals surface area contributed by atoms with Gasteiger partial charge in [-0.3, -0.25) is 0 Å². The minimum Gasteiger partial charge on any atom is -0.354 e. The van der Waals surface area contributed by atoms with Gasteiger partial charge in [-0.25, -0.2) is 15.0 Å². The van der Waals surface area contributed by atoms with Gasteiger partial charge in [0.1, 0.15) is 11.5 Å². The van der Waals surface area contributed by atoms with Crippen molar-refractivity contribution in [2.24, 2.45) is 0 Å². The number of anilines is 1. The summed E-state index contributed by atoms with van der Waals surface area (Å²) in [5.41, 5.74) is -0.942. The molecule has 0 saturated heterocycles. The SMILES string of the molecule is CCc1nccn1CCCNc1nccc(C(F)(F)F)n1. The van der Waals surface area contributed by atoms with E-state index in [4.69, 9.17) is 0 Å². The lowest BCUT2D eigenvalue weighted by Crippen LogP contribution is -2.13. The zero-order chi connectivity index (χ0) is 15.3. The number of hydrogen-bond acceptors (Lipinski definition) is 4. The van der Waals surface area contributed by atoms with Crippen molar-refractivity contribution in [1.82, 2.24) is 19.5 Å². The van der Waals surface area contributed by atoms with E-state index in [2.05, 4.69) is 20.3 Å². The number of nitrogens with one attached hydrogen (secondary N) is 1. The van der Waals surface area contributed by atoms with Crippen LogP contribution in [0.2, 0.25) is 0 Å². The molecule has 114 valence electrons. The largest absolute Gasteiger partial charge is 0.433 e. The number of nitrogens with zero attached hydrogens (tertiary/aromatic N) is 4. The number of aromatic nitrogens is 4. The van der Waals surface area contributed by atoms with Crippen molar-refractivity contribution < 1.29 is 13.2 Å². The quantitative estimate of drug-likeness (QED) is 0.833. The van der Waals surface area contributed by atoms with E-state index < -0.39 is 11.9 Å². The van der Waals surface area contributed by atoms with Crippen molar-refractivity contribution in [1.29, 1.82) is 0 Å². The Balaban J connectivity index is 1.84. The summed E-state index contributed by atoms with van der Waals surface area (Å²) in [6.45, 7) is 3.26. The van der Waals surface area contributed by atoms with Crippen molar-refractivity contribution >= 4 is 5.95 Å². The molecule has 2 heterocycles. The second-order valence-electron chi connectivity index (χ2n) is 4.43. The van der Waals surface area contributed by atoms with E-state index in [0.717, 1.165) is 37.5 Å². The van der Waals surface area contributed by atoms with Crippen LogP contribution >= 0.6 is 0 Å². The Hall–Kier alpha value is -2.12. The van der Waals surface area contributed by atoms with Crippen LogP contribution in [-0.2, 0) is 19.1 Å². The fraction of sp³-hybridized carbons (Fsp3) is 0.462. The topological polar surface area (TPSA) is 55.6 Å². The third-order valence-electron chi connectivity index (χ3n) is 2.92. The van der Waals surface area contributed by atoms with Crippen LogP contribution in [0.5, 0.6) is 0 Å². The first kappa shape index (κ1) is 15.3. The summed E-state index contributed by atoms with van der Waals surface area (Å²) in [6.07, 6.45) is 1.86. The van der Waals surface area contributed by atoms with Gasteiger partial charge in [0.05, 0.1) is 0 Å². The molecule has 2 rings (SSSR count). The highest BCUT2D eigenvalue weighted by atomic mass is 19.4. The molecular formula is C13H16F3N5. The fourth-order valence-electron chi connectivity index (χ4n) is 1.91. The summed E-state index contributed by atoms with van der Waals surface area (Å²) >= 11 is 0. The molecule has 5 nitrogen and oxygen atoms in total. The summed E-state index contributed by atoms with van der Waals surface area (Å²) < 4.78 is 39.5. The zero-order valence-electron chi connectivity index (χ0n) is 11.6. The minimum atomic E-state index is -4.45. The Morgan fingerprint density at radius 3 is 2.76 bits per heavy atom. The standard InChI is InChI=1S/C13H16F3N5/c1-2-11-17-7-9-21(11)8-3-5-18-12-19-6-4-10(20-12)13(14,15)16/h4,6-7,9H,2-3,5,8H2,1H3,(H,18,19,20). The van der Waals surface area contributed by atoms with Gasteiger partial charge in [0.2, 0.25) is 5.95 Å². The summed E-state index contributed by atoms with van der Waals surface area (Å²) in [5, 5.41) is 2.80. The van der Waals surface area contributed by atoms with Gasteiger partial charge in [-0.2, -0.15) is 13.2 Å². The number of alkyl halides is 3. The Morgan fingerprint density at radius 1 is 1.24 bits per heavy atom. The van der Waals surface area contributed by atoms with Crippen LogP contribution in [-0.4, -0.2) is 26.1 Å². The van der Waals surface area contributed by atoms with Gasteiger partial charge in [-0.1, -0.05) is 6.92 Å². The predicted molar refractivity (Wildman–Crippen MR) is 71.7 cm³/mol. The van der Waals surface area contributed by atoms with Crippen LogP contribution in [0.25, 0.3) is 0 Å². The van der Waals surface area contributed by atoms with Gasteiger partial charge in [0, 0.05) is 38.1 Å². The van der Waals surface area contributed by atoms with Crippen LogP contribution in [0, 0.1) is 0 Å². The first-order valence-corrected chi connectivity index (χ1v) is 6.65. The highest BCUT2D eigenvalue weighted by Crippen LogP contribution is 2.27. The average Bonchev–Trinajstić information content (AvgIpc) is 2.90. The number of rotatable bonds is 6. The van der Waals surface area contributed by atoms with Crippen molar-refractivity contribution in [2.45, 2.75) is 32.5 Å². The van der Waals surface area contributed by atoms with Gasteiger partial charge in [-0.15, -0.1) is 0 Å². The van der Waals surface area contributed by atoms with E-state index in [1.165, 1.54) is 0 Å². The third-order valence-corrected chi connectivity index (χ3v) is 2.92. The first-order valence-electron chi connectivity index (χ1n) is 6.65. The summed E-state index contributed by atoms with van der Waals surface area (Å²) in [5.74, 6) is 0.983. The number of hydrogen-bond donors (Lipinski definition) is 1. The van der Waals surface area contributed by atoms with Gasteiger partial charge in [0.15, 0.2) is 0 Å². The minimum absolute atomic E-state index is 0.00817. The molecule has 0 spiro atoms. The van der Waals surface area contributed by atoms with Crippen LogP contribution < -0.4 is 5.32 Å². The average molecular weight is 299 g/mol. The highest BCUT2D eigenvalue weighted by Gasteiger charge is 2.32. The fourth-order valence-corrected chi connectivity index (χ4v) is 1.91. The van der Waals surface area contributed by atoms with E-state index in [1.807, 2.05) is 17.7 Å². The van der Waals surface area contributed by atoms with E-state index in [9.17, 15) is 13.2 Å². The van der Waals surface area contributed by atoms with Crippen molar-refractivity contribution in [3.63, 3.8) is 0 Å². The number of imidazole rings is 1. The molecule has 0 aromatic carbocycles. The molecule has 0 aliphatic carbocycles. The van der Waals surface area contributed by atoms with Gasteiger partial charge >= 0.3 is 6.18 Å². The van der Waals surface area contributed by atoms with E-state index in [1.54, 1.807) is 6.20 Å². The van der Waals surface area contributed by atoms with Crippen molar-refractivity contribution in [2.75, 3.05) is 11.9 Å². The van der Waals surface area contributed by atoms with Crippen LogP contribution in [0.4, 0.5) is 19.1 Å². The second kappa shape index (κ2) is 6.55. The monoisotopic (exact) mass is 299 g/mol. The molecule has 8 heteroatoms. The lowest BCUT2D eigenvalue weighted by molar-refractivity contribution is -0.141. The van der Waals surface area contributed by atoms with Crippen molar-refractivity contribution in [3.05, 3.63) is 36.2 Å². The zero-order valence-corrected chi connectivity index (χ0v) is 11.6. The molecule has 0 radical (unpaired) electrons. The summed E-state index contributed by atoms with van der Waals surface area (Å²) in [7, 11) is 0. The van der Waals surface area contributed by atoms with Gasteiger partial charge in [-0.05, 0) is 12.5 Å². The lowest BCUT2D eigenvalue weighted by Gasteiger charge is -2.09. The molecule has 1 N–H and O–H groups in total. The molecule has 2 aromatic heterocycles. The van der Waals surface area contributed by atoms with Crippen LogP contribution in [0.3, 0.4) is 0 Å². The molecule has 0 amide bonds. The number of halogens is 3. The molecule has 0 atom stereocenters. The molecule has 0 bridgehead atoms. The Kier molecular flexibility index (Phi) is 4.77. The molecular weight excluding hydrogens is 283 g/mol. The maximum absolute atomic E-state index is 12.5. The Bertz CT molecular complexity index is 579. The molecule has 21 heavy (non-hydrogen) atoms. The molecule has 0 aliphatic heterocycles. The normalized spacial score (nSPS) is 11.6. The maximum Gasteiger partial charge on any atom is 0.433 e. The second-order valence-corrected chi connectivity index (χ2v) is 4.43. The molecule has 0 aliphatic rings. The lowest BCUT2D eigenvalue weighted by atomic mass is 10.4. The molecule has 2 aromatic rings.